The second-order valence-electron chi connectivity index (χ2n) is 6.92. The SMILES string of the molecule is Cc1ccccc1CC(=O)NCC1Cc2cc(F)cc(-c3cncnc3)c2O1. The second kappa shape index (κ2) is 7.76. The van der Waals surface area contributed by atoms with Gasteiger partial charge in [0.25, 0.3) is 0 Å². The van der Waals surface area contributed by atoms with Gasteiger partial charge in [0.05, 0.1) is 13.0 Å². The molecule has 0 radical (unpaired) electrons. The second-order valence-corrected chi connectivity index (χ2v) is 6.92. The van der Waals surface area contributed by atoms with Crippen molar-refractivity contribution in [3.05, 3.63) is 77.6 Å². The number of carbonyl (C=O) groups is 1. The number of aryl methyl sites for hydroxylation is 1. The molecule has 1 unspecified atom stereocenters. The molecule has 0 bridgehead atoms. The van der Waals surface area contributed by atoms with Crippen LogP contribution in [0.3, 0.4) is 0 Å². The first-order chi connectivity index (χ1) is 13.6. The monoisotopic (exact) mass is 377 g/mol. The Morgan fingerprint density at radius 1 is 1.25 bits per heavy atom. The van der Waals surface area contributed by atoms with E-state index >= 15 is 0 Å². The molecule has 1 aromatic heterocycles. The number of hydrogen-bond donors (Lipinski definition) is 1. The summed E-state index contributed by atoms with van der Waals surface area (Å²) in [7, 11) is 0. The van der Waals surface area contributed by atoms with Gasteiger partial charge < -0.3 is 10.1 Å². The van der Waals surface area contributed by atoms with Crippen LogP contribution in [-0.2, 0) is 17.6 Å². The van der Waals surface area contributed by atoms with Crippen LogP contribution in [0.4, 0.5) is 4.39 Å². The minimum Gasteiger partial charge on any atom is -0.487 e. The van der Waals surface area contributed by atoms with Crippen molar-refractivity contribution in [3.8, 4) is 16.9 Å². The first-order valence-corrected chi connectivity index (χ1v) is 9.16. The molecule has 2 aromatic carbocycles. The zero-order valence-electron chi connectivity index (χ0n) is 15.5. The van der Waals surface area contributed by atoms with E-state index < -0.39 is 0 Å². The van der Waals surface area contributed by atoms with Crippen LogP contribution < -0.4 is 10.1 Å². The fraction of sp³-hybridized carbons (Fsp3) is 0.227. The van der Waals surface area contributed by atoms with Crippen molar-refractivity contribution in [2.75, 3.05) is 6.54 Å². The summed E-state index contributed by atoms with van der Waals surface area (Å²) in [6, 6.07) is 10.7. The Hall–Kier alpha value is -3.28. The highest BCUT2D eigenvalue weighted by Gasteiger charge is 2.27. The van der Waals surface area contributed by atoms with Gasteiger partial charge in [-0.1, -0.05) is 24.3 Å². The molecule has 5 nitrogen and oxygen atoms in total. The summed E-state index contributed by atoms with van der Waals surface area (Å²) in [5.74, 6) is 0.247. The summed E-state index contributed by atoms with van der Waals surface area (Å²) in [6.45, 7) is 2.36. The van der Waals surface area contributed by atoms with E-state index in [0.29, 0.717) is 36.3 Å². The van der Waals surface area contributed by atoms with Gasteiger partial charge in [-0.25, -0.2) is 14.4 Å². The molecule has 1 amide bonds. The predicted molar refractivity (Wildman–Crippen MR) is 103 cm³/mol. The van der Waals surface area contributed by atoms with E-state index in [1.54, 1.807) is 12.4 Å². The fourth-order valence-corrected chi connectivity index (χ4v) is 3.43. The number of rotatable bonds is 5. The summed E-state index contributed by atoms with van der Waals surface area (Å²) >= 11 is 0. The lowest BCUT2D eigenvalue weighted by atomic mass is 10.0. The number of benzene rings is 2. The maximum Gasteiger partial charge on any atom is 0.224 e. The molecule has 1 aliphatic heterocycles. The van der Waals surface area contributed by atoms with Crippen LogP contribution in [0.25, 0.3) is 11.1 Å². The molecule has 6 heteroatoms. The molecule has 1 aliphatic rings. The van der Waals surface area contributed by atoms with Crippen LogP contribution in [0, 0.1) is 12.7 Å². The van der Waals surface area contributed by atoms with Crippen LogP contribution in [0.1, 0.15) is 16.7 Å². The van der Waals surface area contributed by atoms with Gasteiger partial charge >= 0.3 is 0 Å². The molecule has 0 saturated heterocycles. The number of halogens is 1. The van der Waals surface area contributed by atoms with Gasteiger partial charge in [-0.3, -0.25) is 4.79 Å². The van der Waals surface area contributed by atoms with E-state index in [1.807, 2.05) is 31.2 Å². The number of carbonyl (C=O) groups excluding carboxylic acids is 1. The van der Waals surface area contributed by atoms with Crippen molar-refractivity contribution in [1.82, 2.24) is 15.3 Å². The molecule has 0 aliphatic carbocycles. The Kier molecular flexibility index (Phi) is 5.02. The summed E-state index contributed by atoms with van der Waals surface area (Å²) < 4.78 is 20.1. The molecule has 3 aromatic rings. The molecule has 142 valence electrons. The molecule has 2 heterocycles. The average Bonchev–Trinajstić information content (AvgIpc) is 3.11. The number of nitrogens with zero attached hydrogens (tertiary/aromatic N) is 2. The van der Waals surface area contributed by atoms with E-state index in [-0.39, 0.29) is 17.8 Å². The predicted octanol–water partition coefficient (Wildman–Crippen LogP) is 3.25. The Bertz CT molecular complexity index is 1010. The maximum absolute atomic E-state index is 14.1. The van der Waals surface area contributed by atoms with E-state index in [1.165, 1.54) is 18.5 Å². The third-order valence-electron chi connectivity index (χ3n) is 4.87. The molecular formula is C22H20FN3O2. The first kappa shape index (κ1) is 18.1. The van der Waals surface area contributed by atoms with Crippen molar-refractivity contribution in [3.63, 3.8) is 0 Å². The minimum absolute atomic E-state index is 0.0586. The van der Waals surface area contributed by atoms with Gasteiger partial charge in [0.2, 0.25) is 5.91 Å². The van der Waals surface area contributed by atoms with Gasteiger partial charge in [0, 0.05) is 35.5 Å². The molecule has 0 saturated carbocycles. The van der Waals surface area contributed by atoms with Gasteiger partial charge in [-0.15, -0.1) is 0 Å². The average molecular weight is 377 g/mol. The summed E-state index contributed by atoms with van der Waals surface area (Å²) in [5.41, 5.74) is 4.21. The van der Waals surface area contributed by atoms with Crippen molar-refractivity contribution in [2.45, 2.75) is 25.9 Å². The molecule has 0 fully saturated rings. The van der Waals surface area contributed by atoms with Crippen LogP contribution in [0.15, 0.2) is 55.1 Å². The van der Waals surface area contributed by atoms with Gasteiger partial charge in [-0.2, -0.15) is 0 Å². The summed E-state index contributed by atoms with van der Waals surface area (Å²) in [6.07, 6.45) is 5.31. The number of nitrogens with one attached hydrogen (secondary N) is 1. The van der Waals surface area contributed by atoms with E-state index in [0.717, 1.165) is 16.7 Å². The van der Waals surface area contributed by atoms with E-state index in [4.69, 9.17) is 4.74 Å². The lowest BCUT2D eigenvalue weighted by molar-refractivity contribution is -0.120. The summed E-state index contributed by atoms with van der Waals surface area (Å²) in [4.78, 5) is 20.3. The van der Waals surface area contributed by atoms with Crippen molar-refractivity contribution in [1.29, 1.82) is 0 Å². The molecule has 1 atom stereocenters. The fourth-order valence-electron chi connectivity index (χ4n) is 3.43. The van der Waals surface area contributed by atoms with Crippen LogP contribution in [-0.4, -0.2) is 28.5 Å². The van der Waals surface area contributed by atoms with Gasteiger partial charge in [0.1, 0.15) is 24.0 Å². The quantitative estimate of drug-likeness (QED) is 0.741. The third-order valence-corrected chi connectivity index (χ3v) is 4.87. The standard InChI is InChI=1S/C22H20FN3O2/c1-14-4-2-3-5-15(14)8-21(27)26-12-19-7-16-6-18(23)9-20(22(16)28-19)17-10-24-13-25-11-17/h2-6,9-11,13,19H,7-8,12H2,1H3,(H,26,27). The Morgan fingerprint density at radius 2 is 2.04 bits per heavy atom. The molecule has 0 spiro atoms. The lowest BCUT2D eigenvalue weighted by Gasteiger charge is -2.14. The topological polar surface area (TPSA) is 64.1 Å². The highest BCUT2D eigenvalue weighted by Crippen LogP contribution is 2.39. The van der Waals surface area contributed by atoms with Gasteiger partial charge in [-0.05, 0) is 30.2 Å². The number of hydrogen-bond acceptors (Lipinski definition) is 4. The molecular weight excluding hydrogens is 357 g/mol. The highest BCUT2D eigenvalue weighted by molar-refractivity contribution is 5.79. The van der Waals surface area contributed by atoms with E-state index in [9.17, 15) is 9.18 Å². The van der Waals surface area contributed by atoms with Crippen molar-refractivity contribution < 1.29 is 13.9 Å². The largest absolute Gasteiger partial charge is 0.487 e. The van der Waals surface area contributed by atoms with Crippen LogP contribution >= 0.6 is 0 Å². The Balaban J connectivity index is 1.43. The minimum atomic E-state index is -0.328. The van der Waals surface area contributed by atoms with Gasteiger partial charge in [0.15, 0.2) is 0 Å². The highest BCUT2D eigenvalue weighted by atomic mass is 19.1. The van der Waals surface area contributed by atoms with Crippen molar-refractivity contribution in [2.24, 2.45) is 0 Å². The molecule has 28 heavy (non-hydrogen) atoms. The number of ether oxygens (including phenoxy) is 1. The zero-order chi connectivity index (χ0) is 19.5. The number of aromatic nitrogens is 2. The first-order valence-electron chi connectivity index (χ1n) is 9.16. The normalized spacial score (nSPS) is 15.0. The lowest BCUT2D eigenvalue weighted by Crippen LogP contribution is -2.35. The molecule has 1 N–H and O–H groups in total. The summed E-state index contributed by atoms with van der Waals surface area (Å²) in [5, 5.41) is 2.93. The van der Waals surface area contributed by atoms with Crippen LogP contribution in [0.2, 0.25) is 0 Å². The Morgan fingerprint density at radius 3 is 2.82 bits per heavy atom. The molecule has 4 rings (SSSR count). The third kappa shape index (κ3) is 3.86. The number of fused-ring (bicyclic) bond motifs is 1. The van der Waals surface area contributed by atoms with E-state index in [2.05, 4.69) is 15.3 Å². The van der Waals surface area contributed by atoms with Crippen LogP contribution in [0.5, 0.6) is 5.75 Å². The van der Waals surface area contributed by atoms with Crippen molar-refractivity contribution >= 4 is 5.91 Å². The smallest absolute Gasteiger partial charge is 0.224 e. The zero-order valence-corrected chi connectivity index (χ0v) is 15.5. The number of amides is 1. The maximum atomic E-state index is 14.1. The Labute approximate surface area is 162 Å².